The highest BCUT2D eigenvalue weighted by Gasteiger charge is 2.13. The molecular formula is C11H10N4O3S. The van der Waals surface area contributed by atoms with E-state index < -0.39 is 6.09 Å². The Labute approximate surface area is 112 Å². The van der Waals surface area contributed by atoms with Crippen LogP contribution in [0, 0.1) is 6.92 Å². The van der Waals surface area contributed by atoms with Crippen molar-refractivity contribution in [1.29, 1.82) is 0 Å². The summed E-state index contributed by atoms with van der Waals surface area (Å²) in [4.78, 5) is 22.8. The van der Waals surface area contributed by atoms with Crippen molar-refractivity contribution in [3.63, 3.8) is 0 Å². The zero-order valence-electron chi connectivity index (χ0n) is 9.88. The molecule has 0 bridgehead atoms. The number of carbonyl (C=O) groups excluding carboxylic acids is 1. The molecule has 1 heterocycles. The number of nitrogens with zero attached hydrogens (tertiary/aromatic N) is 2. The Morgan fingerprint density at radius 1 is 1.16 bits per heavy atom. The van der Waals surface area contributed by atoms with Gasteiger partial charge in [-0.3, -0.25) is 10.1 Å². The molecule has 0 saturated heterocycles. The maximum Gasteiger partial charge on any atom is 0.409 e. The minimum absolute atomic E-state index is 0.286. The first-order chi connectivity index (χ1) is 9.06. The molecule has 0 aliphatic carbocycles. The van der Waals surface area contributed by atoms with Crippen LogP contribution in [0.25, 0.3) is 0 Å². The van der Waals surface area contributed by atoms with Gasteiger partial charge in [0.1, 0.15) is 4.88 Å². The molecular weight excluding hydrogens is 268 g/mol. The molecule has 0 unspecified atom stereocenters. The lowest BCUT2D eigenvalue weighted by molar-refractivity contribution is 0.102. The van der Waals surface area contributed by atoms with Crippen LogP contribution in [0.1, 0.15) is 15.4 Å². The fourth-order valence-electron chi connectivity index (χ4n) is 1.39. The third kappa shape index (κ3) is 3.26. The van der Waals surface area contributed by atoms with Crippen molar-refractivity contribution in [2.75, 3.05) is 10.6 Å². The summed E-state index contributed by atoms with van der Waals surface area (Å²) in [6, 6.07) is 6.32. The Kier molecular flexibility index (Phi) is 3.71. The van der Waals surface area contributed by atoms with Crippen molar-refractivity contribution < 1.29 is 14.7 Å². The van der Waals surface area contributed by atoms with E-state index in [0.29, 0.717) is 21.9 Å². The van der Waals surface area contributed by atoms with Gasteiger partial charge in [-0.1, -0.05) is 4.49 Å². The number of hydrogen-bond acceptors (Lipinski definition) is 5. The van der Waals surface area contributed by atoms with Gasteiger partial charge in [-0.15, -0.1) is 5.10 Å². The number of aromatic nitrogens is 2. The molecule has 19 heavy (non-hydrogen) atoms. The van der Waals surface area contributed by atoms with Gasteiger partial charge in [-0.25, -0.2) is 4.79 Å². The molecule has 0 saturated carbocycles. The molecule has 0 atom stereocenters. The highest BCUT2D eigenvalue weighted by atomic mass is 32.1. The Morgan fingerprint density at radius 3 is 2.21 bits per heavy atom. The Balaban J connectivity index is 2.06. The van der Waals surface area contributed by atoms with Crippen LogP contribution in [-0.4, -0.2) is 26.7 Å². The molecule has 8 heteroatoms. The SMILES string of the molecule is Cc1nnsc1C(=O)Nc1ccc(NC(=O)O)cc1. The first-order valence-electron chi connectivity index (χ1n) is 5.26. The van der Waals surface area contributed by atoms with Crippen LogP contribution in [0.3, 0.4) is 0 Å². The van der Waals surface area contributed by atoms with Gasteiger partial charge in [0, 0.05) is 11.4 Å². The van der Waals surface area contributed by atoms with Gasteiger partial charge in [0.15, 0.2) is 0 Å². The number of carbonyl (C=O) groups is 2. The van der Waals surface area contributed by atoms with Crippen LogP contribution in [0.15, 0.2) is 24.3 Å². The van der Waals surface area contributed by atoms with Crippen LogP contribution in [-0.2, 0) is 0 Å². The van der Waals surface area contributed by atoms with Gasteiger partial charge in [0.05, 0.1) is 5.69 Å². The number of amides is 2. The van der Waals surface area contributed by atoms with E-state index in [2.05, 4.69) is 20.2 Å². The maximum absolute atomic E-state index is 11.9. The number of anilines is 2. The van der Waals surface area contributed by atoms with E-state index in [9.17, 15) is 9.59 Å². The maximum atomic E-state index is 11.9. The lowest BCUT2D eigenvalue weighted by Crippen LogP contribution is -2.12. The highest BCUT2D eigenvalue weighted by molar-refractivity contribution is 7.08. The molecule has 0 spiro atoms. The number of carboxylic acid groups (broad SMARTS) is 1. The van der Waals surface area contributed by atoms with E-state index in [4.69, 9.17) is 5.11 Å². The number of hydrogen-bond donors (Lipinski definition) is 3. The zero-order chi connectivity index (χ0) is 13.8. The van der Waals surface area contributed by atoms with Gasteiger partial charge >= 0.3 is 6.09 Å². The van der Waals surface area contributed by atoms with E-state index in [1.165, 1.54) is 0 Å². The molecule has 1 aromatic carbocycles. The van der Waals surface area contributed by atoms with E-state index in [1.54, 1.807) is 31.2 Å². The molecule has 2 amide bonds. The van der Waals surface area contributed by atoms with E-state index in [0.717, 1.165) is 11.5 Å². The first kappa shape index (κ1) is 13.0. The largest absolute Gasteiger partial charge is 0.465 e. The van der Waals surface area contributed by atoms with Gasteiger partial charge in [0.25, 0.3) is 5.91 Å². The third-order valence-corrected chi connectivity index (χ3v) is 3.08. The standard InChI is InChI=1S/C11H10N4O3S/c1-6-9(19-15-14-6)10(16)12-7-2-4-8(5-3-7)13-11(17)18/h2-5,13H,1H3,(H,12,16)(H,17,18). The van der Waals surface area contributed by atoms with Crippen LogP contribution in [0.2, 0.25) is 0 Å². The topological polar surface area (TPSA) is 104 Å². The summed E-state index contributed by atoms with van der Waals surface area (Å²) in [5, 5.41) is 17.2. The molecule has 7 nitrogen and oxygen atoms in total. The van der Waals surface area contributed by atoms with E-state index >= 15 is 0 Å². The summed E-state index contributed by atoms with van der Waals surface area (Å²) in [7, 11) is 0. The molecule has 3 N–H and O–H groups in total. The second-order valence-electron chi connectivity index (χ2n) is 3.65. The van der Waals surface area contributed by atoms with E-state index in [1.807, 2.05) is 0 Å². The normalized spacial score (nSPS) is 9.95. The first-order valence-corrected chi connectivity index (χ1v) is 6.04. The summed E-state index contributed by atoms with van der Waals surface area (Å²) in [6.07, 6.45) is -1.14. The second kappa shape index (κ2) is 5.44. The summed E-state index contributed by atoms with van der Waals surface area (Å²) >= 11 is 1.03. The summed E-state index contributed by atoms with van der Waals surface area (Å²) in [5.74, 6) is -0.286. The summed E-state index contributed by atoms with van der Waals surface area (Å²) in [6.45, 7) is 1.71. The quantitative estimate of drug-likeness (QED) is 0.798. The fourth-order valence-corrected chi connectivity index (χ4v) is 1.94. The predicted molar refractivity (Wildman–Crippen MR) is 70.7 cm³/mol. The fraction of sp³-hybridized carbons (Fsp3) is 0.0909. The molecule has 0 radical (unpaired) electrons. The lowest BCUT2D eigenvalue weighted by atomic mass is 10.2. The van der Waals surface area contributed by atoms with Crippen molar-refractivity contribution in [1.82, 2.24) is 9.59 Å². The number of nitrogens with one attached hydrogen (secondary N) is 2. The minimum atomic E-state index is -1.14. The lowest BCUT2D eigenvalue weighted by Gasteiger charge is -2.05. The summed E-state index contributed by atoms with van der Waals surface area (Å²) < 4.78 is 3.69. The van der Waals surface area contributed by atoms with Gasteiger partial charge in [-0.05, 0) is 42.7 Å². The third-order valence-electron chi connectivity index (χ3n) is 2.25. The predicted octanol–water partition coefficient (Wildman–Crippen LogP) is 2.19. The van der Waals surface area contributed by atoms with Crippen molar-refractivity contribution in [2.45, 2.75) is 6.92 Å². The minimum Gasteiger partial charge on any atom is -0.465 e. The summed E-state index contributed by atoms with van der Waals surface area (Å²) in [5.41, 5.74) is 1.57. The second-order valence-corrected chi connectivity index (χ2v) is 4.40. The number of rotatable bonds is 3. The molecule has 98 valence electrons. The number of aryl methyl sites for hydroxylation is 1. The van der Waals surface area contributed by atoms with Crippen LogP contribution >= 0.6 is 11.5 Å². The van der Waals surface area contributed by atoms with Gasteiger partial charge in [0.2, 0.25) is 0 Å². The molecule has 0 aliphatic rings. The molecule has 2 rings (SSSR count). The smallest absolute Gasteiger partial charge is 0.409 e. The van der Waals surface area contributed by atoms with E-state index in [-0.39, 0.29) is 5.91 Å². The zero-order valence-corrected chi connectivity index (χ0v) is 10.7. The van der Waals surface area contributed by atoms with Crippen LogP contribution in [0.4, 0.5) is 16.2 Å². The van der Waals surface area contributed by atoms with Gasteiger partial charge < -0.3 is 10.4 Å². The number of benzene rings is 1. The van der Waals surface area contributed by atoms with Crippen molar-refractivity contribution >= 4 is 34.9 Å². The molecule has 0 aliphatic heterocycles. The van der Waals surface area contributed by atoms with Gasteiger partial charge in [-0.2, -0.15) is 0 Å². The monoisotopic (exact) mass is 278 g/mol. The molecule has 1 aromatic heterocycles. The average Bonchev–Trinajstić information content (AvgIpc) is 2.77. The Hall–Kier alpha value is -2.48. The Bertz CT molecular complexity index is 609. The van der Waals surface area contributed by atoms with Crippen LogP contribution in [0.5, 0.6) is 0 Å². The molecule has 2 aromatic rings. The van der Waals surface area contributed by atoms with Crippen LogP contribution < -0.4 is 10.6 Å². The van der Waals surface area contributed by atoms with Crippen molar-refractivity contribution in [3.8, 4) is 0 Å². The molecule has 0 fully saturated rings. The van der Waals surface area contributed by atoms with Crippen molar-refractivity contribution in [3.05, 3.63) is 34.8 Å². The Morgan fingerprint density at radius 2 is 1.74 bits per heavy atom. The van der Waals surface area contributed by atoms with Crippen molar-refractivity contribution in [2.24, 2.45) is 0 Å². The average molecular weight is 278 g/mol. The highest BCUT2D eigenvalue weighted by Crippen LogP contribution is 2.16.